The van der Waals surface area contributed by atoms with Crippen molar-refractivity contribution in [2.24, 2.45) is 0 Å². The number of nitrogens with zero attached hydrogens (tertiary/aromatic N) is 4. The lowest BCUT2D eigenvalue weighted by Gasteiger charge is -2.06. The van der Waals surface area contributed by atoms with Crippen molar-refractivity contribution in [2.45, 2.75) is 38.8 Å². The van der Waals surface area contributed by atoms with Gasteiger partial charge in [-0.2, -0.15) is 0 Å². The van der Waals surface area contributed by atoms with Gasteiger partial charge < -0.3 is 21.4 Å². The number of nitrogens with one attached hydrogen (secondary N) is 2. The Labute approximate surface area is 265 Å². The number of sulfone groups is 2. The maximum Gasteiger partial charge on any atom is 0.215 e. The van der Waals surface area contributed by atoms with Crippen molar-refractivity contribution in [3.63, 3.8) is 0 Å². The number of aromatic amines is 2. The number of halogens is 3. The summed E-state index contributed by atoms with van der Waals surface area (Å²) in [7, 11) is -8.35. The van der Waals surface area contributed by atoms with Crippen molar-refractivity contribution in [1.29, 1.82) is 0 Å². The molecule has 0 unspecified atom stereocenters. The van der Waals surface area contributed by atoms with E-state index in [9.17, 15) is 25.6 Å². The van der Waals surface area contributed by atoms with Gasteiger partial charge in [-0.15, -0.1) is 0 Å². The molecule has 4 heterocycles. The molecule has 0 saturated heterocycles. The maximum atomic E-state index is 14.1. The van der Waals surface area contributed by atoms with E-state index in [0.717, 1.165) is 49.4 Å². The number of rotatable bonds is 5. The molecule has 0 atom stereocenters. The maximum absolute atomic E-state index is 14.1. The number of benzene rings is 2. The molecule has 0 amide bonds. The monoisotopic (exact) mass is 684 g/mol. The average molecular weight is 685 g/mol. The normalized spacial score (nSPS) is 13.5. The number of allylic oxidation sites excluding steroid dienone is 2. The number of fused-ring (bicyclic) bond motifs is 2. The molecular formula is C29H23ClF2N8O4S2. The number of hydrogen-bond donors (Lipinski definition) is 4. The SMILES string of the molecule is Nc1[nH]c2c(C3=CCCC3)ncnc2c1S(=O)(=O)c1ccccc1F.Nc1[nH]c2c(Cl)ncnc2c1S(=O)(=O)c1ccccc1F. The van der Waals surface area contributed by atoms with E-state index in [-0.39, 0.29) is 43.1 Å². The second-order valence-electron chi connectivity index (χ2n) is 10.1. The molecule has 12 nitrogen and oxygen atoms in total. The van der Waals surface area contributed by atoms with Crippen molar-refractivity contribution in [3.05, 3.63) is 89.7 Å². The first-order valence-electron chi connectivity index (χ1n) is 13.5. The van der Waals surface area contributed by atoms with Gasteiger partial charge in [0.2, 0.25) is 19.7 Å². The third-order valence-corrected chi connectivity index (χ3v) is 11.2. The number of hydrogen-bond acceptors (Lipinski definition) is 10. The van der Waals surface area contributed by atoms with Gasteiger partial charge in [-0.25, -0.2) is 45.6 Å². The van der Waals surface area contributed by atoms with Crippen molar-refractivity contribution in [3.8, 4) is 0 Å². The molecule has 17 heteroatoms. The highest BCUT2D eigenvalue weighted by molar-refractivity contribution is 7.92. The van der Waals surface area contributed by atoms with Crippen LogP contribution in [0, 0.1) is 11.6 Å². The molecule has 1 aliphatic rings. The van der Waals surface area contributed by atoms with Gasteiger partial charge in [-0.05, 0) is 49.1 Å². The van der Waals surface area contributed by atoms with Crippen LogP contribution in [0.25, 0.3) is 27.6 Å². The quantitative estimate of drug-likeness (QED) is 0.174. The fourth-order valence-corrected chi connectivity index (χ4v) is 8.46. The molecule has 7 rings (SSSR count). The summed E-state index contributed by atoms with van der Waals surface area (Å²) in [6.07, 6.45) is 7.34. The Kier molecular flexibility index (Phi) is 7.95. The fraction of sp³-hybridized carbons (Fsp3) is 0.103. The van der Waals surface area contributed by atoms with E-state index in [0.29, 0.717) is 11.2 Å². The highest BCUT2D eigenvalue weighted by atomic mass is 35.5. The summed E-state index contributed by atoms with van der Waals surface area (Å²) in [5.74, 6) is -1.94. The van der Waals surface area contributed by atoms with Gasteiger partial charge in [-0.3, -0.25) is 0 Å². The molecule has 0 saturated carbocycles. The van der Waals surface area contributed by atoms with Crippen molar-refractivity contribution >= 4 is 70.6 Å². The van der Waals surface area contributed by atoms with Crippen LogP contribution in [0.4, 0.5) is 20.4 Å². The topological polar surface area (TPSA) is 203 Å². The third-order valence-electron chi connectivity index (χ3n) is 7.22. The van der Waals surface area contributed by atoms with Crippen molar-refractivity contribution in [1.82, 2.24) is 29.9 Å². The number of anilines is 2. The molecule has 6 aromatic rings. The summed E-state index contributed by atoms with van der Waals surface area (Å²) in [5, 5.41) is 0.0293. The molecule has 0 bridgehead atoms. The van der Waals surface area contributed by atoms with Gasteiger partial charge in [-0.1, -0.05) is 41.9 Å². The highest BCUT2D eigenvalue weighted by Crippen LogP contribution is 2.37. The van der Waals surface area contributed by atoms with E-state index in [2.05, 4.69) is 36.0 Å². The Morgan fingerprint density at radius 3 is 1.74 bits per heavy atom. The van der Waals surface area contributed by atoms with Gasteiger partial charge in [0.15, 0.2) is 5.15 Å². The number of nitrogen functional groups attached to an aromatic ring is 2. The van der Waals surface area contributed by atoms with E-state index in [1.807, 2.05) is 0 Å². The minimum atomic E-state index is -4.18. The van der Waals surface area contributed by atoms with E-state index in [1.54, 1.807) is 0 Å². The first-order valence-corrected chi connectivity index (χ1v) is 16.9. The van der Waals surface area contributed by atoms with Gasteiger partial charge in [0.1, 0.15) is 72.1 Å². The van der Waals surface area contributed by atoms with Gasteiger partial charge in [0.05, 0.1) is 11.2 Å². The number of H-pyrrole nitrogens is 2. The lowest BCUT2D eigenvalue weighted by molar-refractivity contribution is 0.565. The van der Waals surface area contributed by atoms with Crippen LogP contribution in [0.1, 0.15) is 25.0 Å². The van der Waals surface area contributed by atoms with Gasteiger partial charge in [0.25, 0.3) is 0 Å². The Balaban J connectivity index is 0.000000164. The van der Waals surface area contributed by atoms with Crippen LogP contribution in [0.3, 0.4) is 0 Å². The Morgan fingerprint density at radius 2 is 1.22 bits per heavy atom. The number of aromatic nitrogens is 6. The molecular weight excluding hydrogens is 662 g/mol. The summed E-state index contributed by atoms with van der Waals surface area (Å²) in [5.41, 5.74) is 14.2. The van der Waals surface area contributed by atoms with E-state index in [1.165, 1.54) is 36.7 Å². The van der Waals surface area contributed by atoms with E-state index >= 15 is 0 Å². The van der Waals surface area contributed by atoms with E-state index < -0.39 is 41.1 Å². The molecule has 236 valence electrons. The zero-order chi connectivity index (χ0) is 32.8. The molecule has 1 aliphatic carbocycles. The van der Waals surface area contributed by atoms with Crippen LogP contribution in [-0.4, -0.2) is 46.7 Å². The largest absolute Gasteiger partial charge is 0.384 e. The predicted octanol–water partition coefficient (Wildman–Crippen LogP) is 5.24. The Bertz CT molecular complexity index is 2410. The highest BCUT2D eigenvalue weighted by Gasteiger charge is 2.31. The van der Waals surface area contributed by atoms with Gasteiger partial charge >= 0.3 is 0 Å². The van der Waals surface area contributed by atoms with Crippen LogP contribution in [-0.2, 0) is 19.7 Å². The van der Waals surface area contributed by atoms with Crippen LogP contribution >= 0.6 is 11.6 Å². The average Bonchev–Trinajstić information content (AvgIpc) is 3.75. The fourth-order valence-electron chi connectivity index (χ4n) is 5.18. The molecule has 6 N–H and O–H groups in total. The summed E-state index contributed by atoms with van der Waals surface area (Å²) in [4.78, 5) is 20.0. The molecule has 0 spiro atoms. The second-order valence-corrected chi connectivity index (χ2v) is 14.1. The first-order chi connectivity index (χ1) is 21.9. The lowest BCUT2D eigenvalue weighted by atomic mass is 10.1. The zero-order valence-corrected chi connectivity index (χ0v) is 25.9. The minimum absolute atomic E-state index is 0.0238. The molecule has 2 aromatic carbocycles. The van der Waals surface area contributed by atoms with E-state index in [4.69, 9.17) is 23.1 Å². The Morgan fingerprint density at radius 1 is 0.717 bits per heavy atom. The second kappa shape index (κ2) is 11.8. The van der Waals surface area contributed by atoms with Crippen LogP contribution < -0.4 is 11.5 Å². The summed E-state index contributed by atoms with van der Waals surface area (Å²) >= 11 is 5.86. The molecule has 46 heavy (non-hydrogen) atoms. The lowest BCUT2D eigenvalue weighted by Crippen LogP contribution is -2.07. The van der Waals surface area contributed by atoms with Crippen LogP contribution in [0.2, 0.25) is 5.15 Å². The smallest absolute Gasteiger partial charge is 0.215 e. The molecule has 0 aliphatic heterocycles. The third kappa shape index (κ3) is 5.23. The van der Waals surface area contributed by atoms with Crippen molar-refractivity contribution < 1.29 is 25.6 Å². The summed E-state index contributed by atoms with van der Waals surface area (Å²) in [6, 6.07) is 10.2. The van der Waals surface area contributed by atoms with Crippen LogP contribution in [0.5, 0.6) is 0 Å². The number of nitrogens with two attached hydrogens (primary N) is 2. The minimum Gasteiger partial charge on any atom is -0.384 e. The zero-order valence-electron chi connectivity index (χ0n) is 23.5. The molecule has 4 aromatic heterocycles. The predicted molar refractivity (Wildman–Crippen MR) is 167 cm³/mol. The summed E-state index contributed by atoms with van der Waals surface area (Å²) in [6.45, 7) is 0. The first kappa shape index (κ1) is 31.1. The van der Waals surface area contributed by atoms with Crippen LogP contribution in [0.15, 0.2) is 86.8 Å². The van der Waals surface area contributed by atoms with Crippen molar-refractivity contribution in [2.75, 3.05) is 11.5 Å². The molecule has 0 radical (unpaired) electrons. The van der Waals surface area contributed by atoms with Gasteiger partial charge in [0, 0.05) is 0 Å². The summed E-state index contributed by atoms with van der Waals surface area (Å²) < 4.78 is 79.0. The Hall–Kier alpha value is -4.93. The molecule has 0 fully saturated rings. The standard InChI is InChI=1S/C17H15FN4O2S.C12H8ClFN4O2S/c18-11-7-3-4-8-12(11)25(23,24)16-15-14(22-17(16)19)13(20-9-21-15)10-5-1-2-6-10;13-11-9-8(16-5-17-11)10(12(15)18-9)21(19,20)7-4-2-1-3-6(7)14/h3-5,7-9,22H,1-2,6,19H2;1-5,18H,15H2.